The van der Waals surface area contributed by atoms with E-state index in [4.69, 9.17) is 9.47 Å². The van der Waals surface area contributed by atoms with Gasteiger partial charge in [0.05, 0.1) is 30.2 Å². The molecule has 0 bridgehead atoms. The molecule has 0 saturated carbocycles. The molecule has 1 aliphatic rings. The minimum Gasteiger partial charge on any atom is -0.464 e. The fourth-order valence-corrected chi connectivity index (χ4v) is 2.55. The lowest BCUT2D eigenvalue weighted by Gasteiger charge is -2.19. The van der Waals surface area contributed by atoms with Crippen LogP contribution >= 0.6 is 0 Å². The maximum Gasteiger partial charge on any atom is 0.338 e. The molecule has 0 aliphatic carbocycles. The predicted molar refractivity (Wildman–Crippen MR) is 92.8 cm³/mol. The van der Waals surface area contributed by atoms with E-state index in [0.717, 1.165) is 16.9 Å². The molecule has 1 aromatic carbocycles. The first kappa shape index (κ1) is 17.8. The van der Waals surface area contributed by atoms with Crippen molar-refractivity contribution in [3.05, 3.63) is 35.0 Å². The zero-order valence-corrected chi connectivity index (χ0v) is 14.6. The highest BCUT2D eigenvalue weighted by Crippen LogP contribution is 2.31. The van der Waals surface area contributed by atoms with Crippen molar-refractivity contribution in [2.24, 2.45) is 0 Å². The van der Waals surface area contributed by atoms with E-state index >= 15 is 0 Å². The molecule has 0 aromatic heterocycles. The van der Waals surface area contributed by atoms with Crippen molar-refractivity contribution in [2.45, 2.75) is 40.2 Å². The number of hydrogen-bond donors (Lipinski definition) is 2. The molecule has 1 aromatic rings. The molecule has 0 amide bonds. The van der Waals surface area contributed by atoms with E-state index in [9.17, 15) is 9.59 Å². The Morgan fingerprint density at radius 2 is 1.88 bits per heavy atom. The van der Waals surface area contributed by atoms with Gasteiger partial charge in [-0.2, -0.15) is 0 Å². The van der Waals surface area contributed by atoms with E-state index in [0.29, 0.717) is 18.7 Å². The van der Waals surface area contributed by atoms with E-state index in [2.05, 4.69) is 10.6 Å². The quantitative estimate of drug-likeness (QED) is 0.807. The number of hydrogen-bond acceptors (Lipinski definition) is 6. The van der Waals surface area contributed by atoms with Crippen LogP contribution in [-0.4, -0.2) is 31.2 Å². The highest BCUT2D eigenvalue weighted by Gasteiger charge is 2.34. The standard InChI is InChI=1S/C18H24N2O4/c1-5-9-24-17(21)15-12(4)19-13-8-7-11(3)10-14(13)20-16(15)18(22)23-6-2/h7-8,10,16,19-20H,5-6,9H2,1-4H3. The molecule has 130 valence electrons. The van der Waals surface area contributed by atoms with Crippen LogP contribution in [0.25, 0.3) is 0 Å². The van der Waals surface area contributed by atoms with Crippen molar-refractivity contribution >= 4 is 23.3 Å². The summed E-state index contributed by atoms with van der Waals surface area (Å²) in [6.45, 7) is 7.91. The fraction of sp³-hybridized carbons (Fsp3) is 0.444. The maximum absolute atomic E-state index is 12.5. The van der Waals surface area contributed by atoms with Gasteiger partial charge in [0.1, 0.15) is 0 Å². The smallest absolute Gasteiger partial charge is 0.338 e. The Hall–Kier alpha value is -2.50. The third-order valence-electron chi connectivity index (χ3n) is 3.67. The summed E-state index contributed by atoms with van der Waals surface area (Å²) in [5, 5.41) is 6.32. The van der Waals surface area contributed by atoms with E-state index in [1.165, 1.54) is 0 Å². The molecule has 1 heterocycles. The average molecular weight is 332 g/mol. The number of aryl methyl sites for hydroxylation is 1. The van der Waals surface area contributed by atoms with Gasteiger partial charge in [0.2, 0.25) is 0 Å². The lowest BCUT2D eigenvalue weighted by molar-refractivity contribution is -0.146. The van der Waals surface area contributed by atoms with E-state index in [1.807, 2.05) is 32.0 Å². The Morgan fingerprint density at radius 1 is 1.12 bits per heavy atom. The molecular formula is C18H24N2O4. The summed E-state index contributed by atoms with van der Waals surface area (Å²) in [6.07, 6.45) is 0.711. The first-order valence-corrected chi connectivity index (χ1v) is 8.16. The first-order valence-electron chi connectivity index (χ1n) is 8.16. The van der Waals surface area contributed by atoms with Crippen molar-refractivity contribution in [1.82, 2.24) is 0 Å². The van der Waals surface area contributed by atoms with Crippen LogP contribution in [0, 0.1) is 6.92 Å². The summed E-state index contributed by atoms with van der Waals surface area (Å²) in [5.74, 6) is -1.02. The first-order chi connectivity index (χ1) is 11.5. The largest absolute Gasteiger partial charge is 0.464 e. The lowest BCUT2D eigenvalue weighted by atomic mass is 10.1. The number of esters is 2. The second-order valence-corrected chi connectivity index (χ2v) is 5.68. The van der Waals surface area contributed by atoms with Gasteiger partial charge in [-0.1, -0.05) is 13.0 Å². The molecule has 1 aliphatic heterocycles. The SMILES string of the molecule is CCCOC(=O)C1=C(C)Nc2ccc(C)cc2NC1C(=O)OCC. The minimum atomic E-state index is -0.912. The van der Waals surface area contributed by atoms with Crippen LogP contribution in [0.2, 0.25) is 0 Å². The van der Waals surface area contributed by atoms with Gasteiger partial charge in [-0.05, 0) is 44.9 Å². The van der Waals surface area contributed by atoms with Crippen molar-refractivity contribution in [1.29, 1.82) is 0 Å². The number of anilines is 2. The van der Waals surface area contributed by atoms with Gasteiger partial charge in [0.25, 0.3) is 0 Å². The average Bonchev–Trinajstić information content (AvgIpc) is 2.68. The summed E-state index contributed by atoms with van der Waals surface area (Å²) in [7, 11) is 0. The molecule has 24 heavy (non-hydrogen) atoms. The number of carbonyl (C=O) groups is 2. The van der Waals surface area contributed by atoms with Crippen molar-refractivity contribution in [2.75, 3.05) is 23.8 Å². The molecule has 1 unspecified atom stereocenters. The van der Waals surface area contributed by atoms with Crippen LogP contribution in [0.15, 0.2) is 29.5 Å². The molecule has 6 nitrogen and oxygen atoms in total. The lowest BCUT2D eigenvalue weighted by Crippen LogP contribution is -2.37. The summed E-state index contributed by atoms with van der Waals surface area (Å²) in [4.78, 5) is 24.9. The summed E-state index contributed by atoms with van der Waals surface area (Å²) < 4.78 is 10.4. The molecule has 6 heteroatoms. The Bertz CT molecular complexity index is 667. The third-order valence-corrected chi connectivity index (χ3v) is 3.67. The Kier molecular flexibility index (Phi) is 5.84. The van der Waals surface area contributed by atoms with Gasteiger partial charge in [-0.15, -0.1) is 0 Å². The molecule has 0 radical (unpaired) electrons. The molecular weight excluding hydrogens is 308 g/mol. The number of ether oxygens (including phenoxy) is 2. The maximum atomic E-state index is 12.5. The van der Waals surface area contributed by atoms with Crippen LogP contribution < -0.4 is 10.6 Å². The molecule has 0 saturated heterocycles. The van der Waals surface area contributed by atoms with E-state index in [1.54, 1.807) is 13.8 Å². The highest BCUT2D eigenvalue weighted by atomic mass is 16.5. The fourth-order valence-electron chi connectivity index (χ4n) is 2.55. The van der Waals surface area contributed by atoms with Gasteiger partial charge >= 0.3 is 11.9 Å². The van der Waals surface area contributed by atoms with Gasteiger partial charge in [0.15, 0.2) is 6.04 Å². The minimum absolute atomic E-state index is 0.238. The summed E-state index contributed by atoms with van der Waals surface area (Å²) >= 11 is 0. The Balaban J connectivity index is 2.44. The van der Waals surface area contributed by atoms with Crippen LogP contribution in [-0.2, 0) is 19.1 Å². The van der Waals surface area contributed by atoms with Crippen LogP contribution in [0.1, 0.15) is 32.8 Å². The van der Waals surface area contributed by atoms with E-state index < -0.39 is 18.0 Å². The number of carbonyl (C=O) groups excluding carboxylic acids is 2. The van der Waals surface area contributed by atoms with Gasteiger partial charge in [-0.3, -0.25) is 0 Å². The number of nitrogens with one attached hydrogen (secondary N) is 2. The number of rotatable bonds is 5. The normalized spacial score (nSPS) is 16.4. The van der Waals surface area contributed by atoms with Crippen molar-refractivity contribution in [3.8, 4) is 0 Å². The molecule has 0 spiro atoms. The Morgan fingerprint density at radius 3 is 2.54 bits per heavy atom. The molecule has 2 N–H and O–H groups in total. The second kappa shape index (κ2) is 7.86. The second-order valence-electron chi connectivity index (χ2n) is 5.68. The van der Waals surface area contributed by atoms with E-state index in [-0.39, 0.29) is 12.2 Å². The monoisotopic (exact) mass is 332 g/mol. The van der Waals surface area contributed by atoms with Gasteiger partial charge in [-0.25, -0.2) is 9.59 Å². The summed E-state index contributed by atoms with van der Waals surface area (Å²) in [6, 6.07) is 4.87. The van der Waals surface area contributed by atoms with Crippen molar-refractivity contribution in [3.63, 3.8) is 0 Å². The zero-order chi connectivity index (χ0) is 17.7. The highest BCUT2D eigenvalue weighted by molar-refractivity contribution is 6.02. The van der Waals surface area contributed by atoms with Gasteiger partial charge < -0.3 is 20.1 Å². The number of allylic oxidation sites excluding steroid dienone is 1. The molecule has 0 fully saturated rings. The third kappa shape index (κ3) is 3.88. The van der Waals surface area contributed by atoms with Crippen molar-refractivity contribution < 1.29 is 19.1 Å². The van der Waals surface area contributed by atoms with Crippen LogP contribution in [0.3, 0.4) is 0 Å². The zero-order valence-electron chi connectivity index (χ0n) is 14.6. The van der Waals surface area contributed by atoms with Gasteiger partial charge in [0, 0.05) is 5.70 Å². The summed E-state index contributed by atoms with van der Waals surface area (Å²) in [5.41, 5.74) is 3.40. The number of fused-ring (bicyclic) bond motifs is 1. The Labute approximate surface area is 142 Å². The molecule has 2 rings (SSSR count). The van der Waals surface area contributed by atoms with Crippen LogP contribution in [0.4, 0.5) is 11.4 Å². The predicted octanol–water partition coefficient (Wildman–Crippen LogP) is 2.99. The molecule has 1 atom stereocenters. The number of benzene rings is 1. The topological polar surface area (TPSA) is 76.7 Å². The van der Waals surface area contributed by atoms with Crippen LogP contribution in [0.5, 0.6) is 0 Å².